The Morgan fingerprint density at radius 1 is 1.35 bits per heavy atom. The van der Waals surface area contributed by atoms with E-state index < -0.39 is 0 Å². The van der Waals surface area contributed by atoms with E-state index in [0.29, 0.717) is 0 Å². The molecule has 6 heteroatoms. The normalized spacial score (nSPS) is 10.7. The van der Waals surface area contributed by atoms with Gasteiger partial charge in [-0.15, -0.1) is 0 Å². The molecule has 20 heavy (non-hydrogen) atoms. The number of benzene rings is 1. The number of hydrogen-bond donors (Lipinski definition) is 1. The summed E-state index contributed by atoms with van der Waals surface area (Å²) in [7, 11) is 0. The van der Waals surface area contributed by atoms with E-state index in [-0.39, 0.29) is 11.7 Å². The Hall–Kier alpha value is -2.21. The van der Waals surface area contributed by atoms with Crippen molar-refractivity contribution in [2.75, 3.05) is 5.75 Å². The number of rotatable bonds is 5. The van der Waals surface area contributed by atoms with Crippen molar-refractivity contribution in [3.63, 3.8) is 0 Å². The van der Waals surface area contributed by atoms with Crippen molar-refractivity contribution in [3.05, 3.63) is 54.0 Å². The summed E-state index contributed by atoms with van der Waals surface area (Å²) in [6.07, 6.45) is 3.10. The Kier molecular flexibility index (Phi) is 5.25. The summed E-state index contributed by atoms with van der Waals surface area (Å²) in [6.45, 7) is 1.88. The van der Waals surface area contributed by atoms with Crippen LogP contribution in [0, 0.1) is 6.92 Å². The lowest BCUT2D eigenvalue weighted by Crippen LogP contribution is -2.19. The van der Waals surface area contributed by atoms with Crippen LogP contribution in [0.4, 0.5) is 0 Å². The molecule has 2 rings (SSSR count). The first kappa shape index (κ1) is 14.2. The van der Waals surface area contributed by atoms with Gasteiger partial charge in [-0.3, -0.25) is 4.79 Å². The van der Waals surface area contributed by atoms with Crippen LogP contribution in [0.2, 0.25) is 0 Å². The van der Waals surface area contributed by atoms with Gasteiger partial charge in [-0.1, -0.05) is 42.1 Å². The molecule has 0 atom stereocenters. The molecule has 1 aromatic carbocycles. The van der Waals surface area contributed by atoms with E-state index >= 15 is 0 Å². The maximum Gasteiger partial charge on any atom is 0.250 e. The number of hydrogen-bond acceptors (Lipinski definition) is 5. The fraction of sp³-hybridized carbons (Fsp3) is 0.143. The van der Waals surface area contributed by atoms with Gasteiger partial charge in [-0.25, -0.2) is 15.4 Å². The third kappa shape index (κ3) is 4.81. The van der Waals surface area contributed by atoms with E-state index in [1.54, 1.807) is 6.21 Å². The van der Waals surface area contributed by atoms with Crippen LogP contribution in [0.5, 0.6) is 0 Å². The second kappa shape index (κ2) is 7.40. The third-order valence-electron chi connectivity index (χ3n) is 2.33. The van der Waals surface area contributed by atoms with Gasteiger partial charge >= 0.3 is 0 Å². The summed E-state index contributed by atoms with van der Waals surface area (Å²) >= 11 is 1.35. The zero-order chi connectivity index (χ0) is 14.2. The summed E-state index contributed by atoms with van der Waals surface area (Å²) in [5.41, 5.74) is 4.30. The van der Waals surface area contributed by atoms with E-state index in [1.807, 2.05) is 43.3 Å². The van der Waals surface area contributed by atoms with Gasteiger partial charge in [0.05, 0.1) is 12.0 Å². The predicted molar refractivity (Wildman–Crippen MR) is 79.7 cm³/mol. The molecule has 1 aromatic heterocycles. The number of hydrazone groups is 1. The number of aryl methyl sites for hydroxylation is 1. The molecule has 0 saturated carbocycles. The van der Waals surface area contributed by atoms with Gasteiger partial charge in [0.1, 0.15) is 11.4 Å². The number of carbonyl (C=O) groups excluding carboxylic acids is 1. The largest absolute Gasteiger partial charge is 0.272 e. The van der Waals surface area contributed by atoms with E-state index in [4.69, 9.17) is 0 Å². The zero-order valence-electron chi connectivity index (χ0n) is 11.0. The van der Waals surface area contributed by atoms with Crippen molar-refractivity contribution >= 4 is 23.9 Å². The van der Waals surface area contributed by atoms with Gasteiger partial charge in [0, 0.05) is 5.69 Å². The molecular weight excluding hydrogens is 272 g/mol. The summed E-state index contributed by atoms with van der Waals surface area (Å²) in [5, 5.41) is 4.68. The van der Waals surface area contributed by atoms with Gasteiger partial charge in [0.2, 0.25) is 5.91 Å². The maximum absolute atomic E-state index is 11.6. The van der Waals surface area contributed by atoms with Crippen molar-refractivity contribution in [1.29, 1.82) is 0 Å². The molecular formula is C14H14N4OS. The first-order valence-electron chi connectivity index (χ1n) is 6.02. The Labute approximate surface area is 121 Å². The van der Waals surface area contributed by atoms with Gasteiger partial charge in [0.25, 0.3) is 0 Å². The number of amides is 1. The smallest absolute Gasteiger partial charge is 0.250 e. The molecule has 0 saturated heterocycles. The highest BCUT2D eigenvalue weighted by molar-refractivity contribution is 7.99. The maximum atomic E-state index is 11.6. The predicted octanol–water partition coefficient (Wildman–Crippen LogP) is 2.03. The Bertz CT molecular complexity index is 601. The minimum Gasteiger partial charge on any atom is -0.272 e. The molecule has 0 radical (unpaired) electrons. The summed E-state index contributed by atoms with van der Waals surface area (Å²) < 4.78 is 0. The number of aromatic nitrogens is 2. The number of thioether (sulfide) groups is 1. The van der Waals surface area contributed by atoms with Crippen molar-refractivity contribution in [2.24, 2.45) is 5.10 Å². The fourth-order valence-corrected chi connectivity index (χ4v) is 2.12. The van der Waals surface area contributed by atoms with Crippen LogP contribution in [0.25, 0.3) is 0 Å². The molecule has 1 amide bonds. The van der Waals surface area contributed by atoms with Crippen LogP contribution in [-0.2, 0) is 4.79 Å². The van der Waals surface area contributed by atoms with E-state index in [2.05, 4.69) is 20.5 Å². The lowest BCUT2D eigenvalue weighted by molar-refractivity contribution is -0.118. The van der Waals surface area contributed by atoms with Crippen LogP contribution >= 0.6 is 11.8 Å². The standard InChI is InChI=1S/C14H14N4OS/c1-11-7-14(16-10-15-11)20-9-13(19)18-17-8-12-5-3-2-4-6-12/h2-8,10H,9H2,1H3,(H,18,19)/b17-8+. The van der Waals surface area contributed by atoms with E-state index in [1.165, 1.54) is 18.1 Å². The van der Waals surface area contributed by atoms with Crippen LogP contribution in [0.1, 0.15) is 11.3 Å². The van der Waals surface area contributed by atoms with Crippen molar-refractivity contribution in [1.82, 2.24) is 15.4 Å². The highest BCUT2D eigenvalue weighted by atomic mass is 32.2. The lowest BCUT2D eigenvalue weighted by atomic mass is 10.2. The minimum atomic E-state index is -0.168. The molecule has 0 aliphatic carbocycles. The molecule has 0 fully saturated rings. The molecule has 0 aliphatic rings. The SMILES string of the molecule is Cc1cc(SCC(=O)N/N=C/c2ccccc2)ncn1. The lowest BCUT2D eigenvalue weighted by Gasteiger charge is -2.00. The van der Waals surface area contributed by atoms with Crippen molar-refractivity contribution in [2.45, 2.75) is 11.9 Å². The monoisotopic (exact) mass is 286 g/mol. The van der Waals surface area contributed by atoms with Crippen LogP contribution in [0.3, 0.4) is 0 Å². The highest BCUT2D eigenvalue weighted by Crippen LogP contribution is 2.14. The number of nitrogens with zero attached hydrogens (tertiary/aromatic N) is 3. The first-order valence-corrected chi connectivity index (χ1v) is 7.01. The molecule has 0 spiro atoms. The molecule has 102 valence electrons. The van der Waals surface area contributed by atoms with Crippen LogP contribution < -0.4 is 5.43 Å². The molecule has 0 unspecified atom stereocenters. The Morgan fingerprint density at radius 2 is 2.15 bits per heavy atom. The molecule has 1 heterocycles. The Morgan fingerprint density at radius 3 is 2.90 bits per heavy atom. The van der Waals surface area contributed by atoms with Crippen molar-refractivity contribution in [3.8, 4) is 0 Å². The number of nitrogens with one attached hydrogen (secondary N) is 1. The van der Waals surface area contributed by atoms with Gasteiger partial charge < -0.3 is 0 Å². The Balaban J connectivity index is 1.77. The second-order valence-corrected chi connectivity index (χ2v) is 4.99. The topological polar surface area (TPSA) is 67.2 Å². The summed E-state index contributed by atoms with van der Waals surface area (Å²) in [5.74, 6) is 0.0983. The number of carbonyl (C=O) groups is 1. The molecule has 0 bridgehead atoms. The molecule has 5 nitrogen and oxygen atoms in total. The van der Waals surface area contributed by atoms with Gasteiger partial charge in [-0.05, 0) is 18.6 Å². The van der Waals surface area contributed by atoms with Crippen LogP contribution in [0.15, 0.2) is 52.9 Å². The van der Waals surface area contributed by atoms with E-state index in [0.717, 1.165) is 16.3 Å². The summed E-state index contributed by atoms with van der Waals surface area (Å²) in [6, 6.07) is 11.4. The third-order valence-corrected chi connectivity index (χ3v) is 3.26. The molecule has 1 N–H and O–H groups in total. The zero-order valence-corrected chi connectivity index (χ0v) is 11.8. The van der Waals surface area contributed by atoms with Gasteiger partial charge in [-0.2, -0.15) is 5.10 Å². The first-order chi connectivity index (χ1) is 9.74. The minimum absolute atomic E-state index is 0.168. The fourth-order valence-electron chi connectivity index (χ4n) is 1.40. The molecule has 2 aromatic rings. The average Bonchev–Trinajstić information content (AvgIpc) is 2.46. The second-order valence-electron chi connectivity index (χ2n) is 3.99. The van der Waals surface area contributed by atoms with Crippen molar-refractivity contribution < 1.29 is 4.79 Å². The van der Waals surface area contributed by atoms with E-state index in [9.17, 15) is 4.79 Å². The average molecular weight is 286 g/mol. The van der Waals surface area contributed by atoms with Crippen LogP contribution in [-0.4, -0.2) is 27.8 Å². The quantitative estimate of drug-likeness (QED) is 0.395. The highest BCUT2D eigenvalue weighted by Gasteiger charge is 2.02. The molecule has 0 aliphatic heterocycles. The summed E-state index contributed by atoms with van der Waals surface area (Å²) in [4.78, 5) is 19.7. The van der Waals surface area contributed by atoms with Gasteiger partial charge in [0.15, 0.2) is 0 Å².